The van der Waals surface area contributed by atoms with E-state index in [2.05, 4.69) is 6.92 Å². The molecule has 2 aromatic carbocycles. The zero-order chi connectivity index (χ0) is 12.7. The zero-order valence-corrected chi connectivity index (χ0v) is 10.6. The molecule has 18 heavy (non-hydrogen) atoms. The molecule has 0 fully saturated rings. The van der Waals surface area contributed by atoms with Gasteiger partial charge in [0.1, 0.15) is 11.5 Å². The largest absolute Gasteiger partial charge is 0.507 e. The summed E-state index contributed by atoms with van der Waals surface area (Å²) >= 11 is 0. The lowest BCUT2D eigenvalue weighted by Gasteiger charge is -2.27. The van der Waals surface area contributed by atoms with Crippen LogP contribution in [0.3, 0.4) is 0 Å². The molecule has 2 nitrogen and oxygen atoms in total. The van der Waals surface area contributed by atoms with Crippen molar-refractivity contribution in [3.63, 3.8) is 0 Å². The van der Waals surface area contributed by atoms with Gasteiger partial charge in [-0.2, -0.15) is 0 Å². The van der Waals surface area contributed by atoms with Gasteiger partial charge < -0.3 is 10.2 Å². The van der Waals surface area contributed by atoms with Crippen molar-refractivity contribution in [3.8, 4) is 11.5 Å². The van der Waals surface area contributed by atoms with Crippen LogP contribution in [0.25, 0.3) is 10.8 Å². The molecule has 3 rings (SSSR count). The third-order valence-corrected chi connectivity index (χ3v) is 4.18. The van der Waals surface area contributed by atoms with Crippen molar-refractivity contribution in [2.24, 2.45) is 0 Å². The minimum Gasteiger partial charge on any atom is -0.507 e. The van der Waals surface area contributed by atoms with Gasteiger partial charge in [-0.1, -0.05) is 31.2 Å². The molecule has 0 heterocycles. The first-order valence-electron chi connectivity index (χ1n) is 6.69. The van der Waals surface area contributed by atoms with Crippen LogP contribution in [0, 0.1) is 0 Å². The number of hydrogen-bond acceptors (Lipinski definition) is 2. The highest BCUT2D eigenvalue weighted by molar-refractivity contribution is 5.95. The monoisotopic (exact) mass is 242 g/mol. The van der Waals surface area contributed by atoms with E-state index >= 15 is 0 Å². The van der Waals surface area contributed by atoms with Crippen LogP contribution in [0.1, 0.15) is 43.2 Å². The number of benzene rings is 2. The molecule has 1 unspecified atom stereocenters. The fourth-order valence-corrected chi connectivity index (χ4v) is 3.24. The fourth-order valence-electron chi connectivity index (χ4n) is 3.24. The smallest absolute Gasteiger partial charge is 0.127 e. The molecular weight excluding hydrogens is 224 g/mol. The summed E-state index contributed by atoms with van der Waals surface area (Å²) in [5, 5.41) is 22.5. The van der Waals surface area contributed by atoms with E-state index < -0.39 is 0 Å². The van der Waals surface area contributed by atoms with E-state index in [1.165, 1.54) is 0 Å². The van der Waals surface area contributed by atoms with Crippen molar-refractivity contribution in [1.29, 1.82) is 0 Å². The second-order valence-electron chi connectivity index (χ2n) is 5.13. The standard InChI is InChI=1S/C16H18O2/c1-2-10-6-5-9-13-14(10)16(18)12-8-4-3-7-11(12)15(13)17/h3-4,7-8,10,17-18H,2,5-6,9H2,1H3. The fraction of sp³-hybridized carbons (Fsp3) is 0.375. The molecule has 1 aliphatic rings. The number of hydrogen-bond donors (Lipinski definition) is 2. The van der Waals surface area contributed by atoms with Gasteiger partial charge in [0.15, 0.2) is 0 Å². The quantitative estimate of drug-likeness (QED) is 0.740. The maximum absolute atomic E-state index is 10.5. The first-order chi connectivity index (χ1) is 8.74. The summed E-state index contributed by atoms with van der Waals surface area (Å²) in [4.78, 5) is 0. The van der Waals surface area contributed by atoms with Crippen LogP contribution < -0.4 is 0 Å². The van der Waals surface area contributed by atoms with Gasteiger partial charge in [-0.05, 0) is 31.6 Å². The first kappa shape index (κ1) is 11.4. The van der Waals surface area contributed by atoms with Gasteiger partial charge in [0, 0.05) is 21.9 Å². The normalized spacial score (nSPS) is 18.8. The lowest BCUT2D eigenvalue weighted by Crippen LogP contribution is -2.10. The van der Waals surface area contributed by atoms with Crippen LogP contribution in [0.5, 0.6) is 11.5 Å². The Balaban J connectivity index is 2.39. The number of phenolic OH excluding ortho intramolecular Hbond substituents is 2. The van der Waals surface area contributed by atoms with E-state index in [9.17, 15) is 10.2 Å². The van der Waals surface area contributed by atoms with Crippen molar-refractivity contribution >= 4 is 10.8 Å². The average Bonchev–Trinajstić information content (AvgIpc) is 2.44. The van der Waals surface area contributed by atoms with Gasteiger partial charge in [-0.15, -0.1) is 0 Å². The minimum atomic E-state index is 0.372. The molecule has 1 atom stereocenters. The lowest BCUT2D eigenvalue weighted by atomic mass is 9.79. The molecule has 2 aromatic rings. The van der Waals surface area contributed by atoms with Crippen LogP contribution in [0.2, 0.25) is 0 Å². The Morgan fingerprint density at radius 2 is 1.78 bits per heavy atom. The van der Waals surface area contributed by atoms with Gasteiger partial charge in [0.2, 0.25) is 0 Å². The topological polar surface area (TPSA) is 40.5 Å². The molecule has 0 amide bonds. The van der Waals surface area contributed by atoms with Crippen LogP contribution in [-0.2, 0) is 6.42 Å². The van der Waals surface area contributed by atoms with Crippen molar-refractivity contribution in [1.82, 2.24) is 0 Å². The second-order valence-corrected chi connectivity index (χ2v) is 5.13. The van der Waals surface area contributed by atoms with Crippen molar-refractivity contribution in [2.45, 2.75) is 38.5 Å². The second kappa shape index (κ2) is 4.20. The van der Waals surface area contributed by atoms with E-state index in [-0.39, 0.29) is 0 Å². The molecule has 0 bridgehead atoms. The van der Waals surface area contributed by atoms with E-state index in [1.807, 2.05) is 24.3 Å². The molecular formula is C16H18O2. The minimum absolute atomic E-state index is 0.372. The predicted octanol–water partition coefficient (Wildman–Crippen LogP) is 4.08. The Hall–Kier alpha value is -1.70. The van der Waals surface area contributed by atoms with E-state index in [4.69, 9.17) is 0 Å². The Kier molecular flexibility index (Phi) is 2.66. The molecule has 2 N–H and O–H groups in total. The van der Waals surface area contributed by atoms with Gasteiger partial charge in [-0.3, -0.25) is 0 Å². The van der Waals surface area contributed by atoms with Gasteiger partial charge in [0.25, 0.3) is 0 Å². The lowest BCUT2D eigenvalue weighted by molar-refractivity contribution is 0.429. The maximum Gasteiger partial charge on any atom is 0.127 e. The molecule has 0 aliphatic heterocycles. The Labute approximate surface area is 107 Å². The molecule has 0 spiro atoms. The van der Waals surface area contributed by atoms with E-state index in [1.54, 1.807) is 0 Å². The van der Waals surface area contributed by atoms with Crippen molar-refractivity contribution in [2.75, 3.05) is 0 Å². The van der Waals surface area contributed by atoms with Gasteiger partial charge in [-0.25, -0.2) is 0 Å². The van der Waals surface area contributed by atoms with E-state index in [0.29, 0.717) is 17.4 Å². The summed E-state index contributed by atoms with van der Waals surface area (Å²) in [5.41, 5.74) is 1.95. The third-order valence-electron chi connectivity index (χ3n) is 4.18. The number of rotatable bonds is 1. The summed E-state index contributed by atoms with van der Waals surface area (Å²) in [5.74, 6) is 1.13. The van der Waals surface area contributed by atoms with Crippen molar-refractivity contribution < 1.29 is 10.2 Å². The van der Waals surface area contributed by atoms with Crippen LogP contribution in [0.15, 0.2) is 24.3 Å². The molecule has 0 saturated heterocycles. The first-order valence-corrected chi connectivity index (χ1v) is 6.69. The van der Waals surface area contributed by atoms with Crippen LogP contribution in [-0.4, -0.2) is 10.2 Å². The Morgan fingerprint density at radius 1 is 1.11 bits per heavy atom. The summed E-state index contributed by atoms with van der Waals surface area (Å²) in [6, 6.07) is 7.55. The number of aromatic hydroxyl groups is 2. The average molecular weight is 242 g/mol. The Morgan fingerprint density at radius 3 is 2.44 bits per heavy atom. The molecule has 2 heteroatoms. The van der Waals surface area contributed by atoms with Gasteiger partial charge in [0.05, 0.1) is 0 Å². The highest BCUT2D eigenvalue weighted by Crippen LogP contribution is 2.47. The number of phenols is 2. The SMILES string of the molecule is CCC1CCCc2c1c(O)c1ccccc1c2O. The van der Waals surface area contributed by atoms with E-state index in [0.717, 1.165) is 47.6 Å². The molecule has 94 valence electrons. The predicted molar refractivity (Wildman–Crippen MR) is 73.2 cm³/mol. The maximum atomic E-state index is 10.5. The molecule has 0 radical (unpaired) electrons. The highest BCUT2D eigenvalue weighted by atomic mass is 16.3. The molecule has 0 aromatic heterocycles. The zero-order valence-electron chi connectivity index (χ0n) is 10.6. The molecule has 1 aliphatic carbocycles. The summed E-state index contributed by atoms with van der Waals surface area (Å²) in [7, 11) is 0. The summed E-state index contributed by atoms with van der Waals surface area (Å²) in [6.07, 6.45) is 4.08. The Bertz CT molecular complexity index is 602. The summed E-state index contributed by atoms with van der Waals surface area (Å²) < 4.78 is 0. The van der Waals surface area contributed by atoms with Crippen LogP contribution in [0.4, 0.5) is 0 Å². The summed E-state index contributed by atoms with van der Waals surface area (Å²) in [6.45, 7) is 2.14. The van der Waals surface area contributed by atoms with Gasteiger partial charge >= 0.3 is 0 Å². The number of fused-ring (bicyclic) bond motifs is 2. The highest BCUT2D eigenvalue weighted by Gasteiger charge is 2.27. The molecule has 0 saturated carbocycles. The third kappa shape index (κ3) is 1.48. The van der Waals surface area contributed by atoms with Crippen LogP contribution >= 0.6 is 0 Å². The van der Waals surface area contributed by atoms with Crippen molar-refractivity contribution in [3.05, 3.63) is 35.4 Å².